The van der Waals surface area contributed by atoms with Crippen molar-refractivity contribution in [1.82, 2.24) is 4.57 Å². The maximum atomic E-state index is 12.7. The Morgan fingerprint density at radius 2 is 1.83 bits per heavy atom. The molecule has 0 saturated carbocycles. The van der Waals surface area contributed by atoms with E-state index in [0.29, 0.717) is 5.69 Å². The van der Waals surface area contributed by atoms with Gasteiger partial charge in [0.15, 0.2) is 0 Å². The van der Waals surface area contributed by atoms with Crippen molar-refractivity contribution in [3.05, 3.63) is 86.7 Å². The van der Waals surface area contributed by atoms with Crippen LogP contribution >= 0.6 is 15.9 Å². The molecular weight excluding hydrogens is 426 g/mol. The van der Waals surface area contributed by atoms with Crippen molar-refractivity contribution >= 4 is 33.6 Å². The highest BCUT2D eigenvalue weighted by Crippen LogP contribution is 2.28. The molecule has 0 aliphatic carbocycles. The third-order valence-corrected chi connectivity index (χ3v) is 5.53. The minimum absolute atomic E-state index is 0.0670. The van der Waals surface area contributed by atoms with Crippen LogP contribution in [0.2, 0.25) is 0 Å². The molecule has 1 N–H and O–H groups in total. The summed E-state index contributed by atoms with van der Waals surface area (Å²) in [5.74, 6) is -0.412. The number of benzene rings is 2. The minimum atomic E-state index is -0.412. The number of para-hydroxylation sites is 1. The van der Waals surface area contributed by atoms with E-state index in [1.54, 1.807) is 6.08 Å². The molecule has 146 valence electrons. The van der Waals surface area contributed by atoms with Crippen molar-refractivity contribution in [3.63, 3.8) is 0 Å². The molecule has 0 atom stereocenters. The molecule has 29 heavy (non-hydrogen) atoms. The van der Waals surface area contributed by atoms with Crippen molar-refractivity contribution in [2.75, 3.05) is 5.32 Å². The molecular formula is C24H22BrN3O. The molecule has 3 aromatic rings. The number of anilines is 1. The van der Waals surface area contributed by atoms with E-state index in [2.05, 4.69) is 25.8 Å². The number of nitriles is 1. The Morgan fingerprint density at radius 1 is 1.10 bits per heavy atom. The van der Waals surface area contributed by atoms with Gasteiger partial charge >= 0.3 is 0 Å². The van der Waals surface area contributed by atoms with Gasteiger partial charge in [0, 0.05) is 21.5 Å². The van der Waals surface area contributed by atoms with Crippen molar-refractivity contribution in [2.45, 2.75) is 27.7 Å². The first-order valence-electron chi connectivity index (χ1n) is 9.26. The number of aryl methyl sites for hydroxylation is 3. The SMILES string of the molecule is Cc1ccc(NC(=O)/C(C#N)=C\c2cc(C)n(-c3ccccc3Br)c2C)c(C)c1. The molecule has 5 heteroatoms. The van der Waals surface area contributed by atoms with Gasteiger partial charge < -0.3 is 9.88 Å². The summed E-state index contributed by atoms with van der Waals surface area (Å²) in [7, 11) is 0. The second kappa shape index (κ2) is 8.50. The van der Waals surface area contributed by atoms with Gasteiger partial charge in [-0.3, -0.25) is 4.79 Å². The van der Waals surface area contributed by atoms with E-state index >= 15 is 0 Å². The molecule has 0 bridgehead atoms. The molecule has 0 unspecified atom stereocenters. The number of hydrogen-bond acceptors (Lipinski definition) is 2. The van der Waals surface area contributed by atoms with Crippen LogP contribution in [0.5, 0.6) is 0 Å². The van der Waals surface area contributed by atoms with Crippen LogP contribution in [0.3, 0.4) is 0 Å². The highest BCUT2D eigenvalue weighted by molar-refractivity contribution is 9.10. The van der Waals surface area contributed by atoms with Crippen molar-refractivity contribution in [3.8, 4) is 11.8 Å². The minimum Gasteiger partial charge on any atom is -0.321 e. The second-order valence-electron chi connectivity index (χ2n) is 7.06. The van der Waals surface area contributed by atoms with Crippen molar-refractivity contribution in [2.24, 2.45) is 0 Å². The van der Waals surface area contributed by atoms with Gasteiger partial charge in [0.1, 0.15) is 11.6 Å². The van der Waals surface area contributed by atoms with Gasteiger partial charge in [-0.1, -0.05) is 29.8 Å². The molecule has 1 heterocycles. The molecule has 4 nitrogen and oxygen atoms in total. The first-order chi connectivity index (χ1) is 13.8. The van der Waals surface area contributed by atoms with Gasteiger partial charge in [0.2, 0.25) is 0 Å². The van der Waals surface area contributed by atoms with Crippen molar-refractivity contribution < 1.29 is 4.79 Å². The quantitative estimate of drug-likeness (QED) is 0.392. The average molecular weight is 448 g/mol. The summed E-state index contributed by atoms with van der Waals surface area (Å²) in [4.78, 5) is 12.7. The Kier molecular flexibility index (Phi) is 6.05. The molecule has 2 aromatic carbocycles. The van der Waals surface area contributed by atoms with E-state index in [1.165, 1.54) is 0 Å². The summed E-state index contributed by atoms with van der Waals surface area (Å²) in [6, 6.07) is 17.8. The number of nitrogens with zero attached hydrogens (tertiary/aromatic N) is 2. The van der Waals surface area contributed by atoms with Crippen LogP contribution in [0.4, 0.5) is 5.69 Å². The molecule has 1 aromatic heterocycles. The predicted molar refractivity (Wildman–Crippen MR) is 121 cm³/mol. The van der Waals surface area contributed by atoms with E-state index in [0.717, 1.165) is 38.2 Å². The summed E-state index contributed by atoms with van der Waals surface area (Å²) < 4.78 is 3.08. The van der Waals surface area contributed by atoms with Crippen LogP contribution in [0.15, 0.2) is 58.6 Å². The number of carbonyl (C=O) groups excluding carboxylic acids is 1. The van der Waals surface area contributed by atoms with Gasteiger partial charge in [-0.2, -0.15) is 5.26 Å². The van der Waals surface area contributed by atoms with Crippen LogP contribution in [0.1, 0.15) is 28.1 Å². The largest absolute Gasteiger partial charge is 0.321 e. The first kappa shape index (κ1) is 20.6. The van der Waals surface area contributed by atoms with E-state index in [-0.39, 0.29) is 5.57 Å². The summed E-state index contributed by atoms with van der Waals surface area (Å²) in [6.07, 6.45) is 1.65. The van der Waals surface area contributed by atoms with Gasteiger partial charge in [-0.05, 0) is 85.1 Å². The Hall–Kier alpha value is -3.10. The van der Waals surface area contributed by atoms with Crippen LogP contribution in [-0.4, -0.2) is 10.5 Å². The molecule has 3 rings (SSSR count). The topological polar surface area (TPSA) is 57.8 Å². The molecule has 0 radical (unpaired) electrons. The van der Waals surface area contributed by atoms with Crippen LogP contribution in [0.25, 0.3) is 11.8 Å². The normalized spacial score (nSPS) is 11.2. The lowest BCUT2D eigenvalue weighted by Gasteiger charge is -2.11. The van der Waals surface area contributed by atoms with Crippen LogP contribution < -0.4 is 5.32 Å². The van der Waals surface area contributed by atoms with Gasteiger partial charge in [0.25, 0.3) is 5.91 Å². The maximum absolute atomic E-state index is 12.7. The lowest BCUT2D eigenvalue weighted by atomic mass is 10.1. The number of halogens is 1. The molecule has 0 aliphatic heterocycles. The third-order valence-electron chi connectivity index (χ3n) is 4.86. The lowest BCUT2D eigenvalue weighted by Crippen LogP contribution is -2.14. The van der Waals surface area contributed by atoms with Gasteiger partial charge in [0.05, 0.1) is 5.69 Å². The zero-order valence-electron chi connectivity index (χ0n) is 16.9. The van der Waals surface area contributed by atoms with Crippen LogP contribution in [0, 0.1) is 39.0 Å². The number of carbonyl (C=O) groups is 1. The smallest absolute Gasteiger partial charge is 0.266 e. The van der Waals surface area contributed by atoms with E-state index in [4.69, 9.17) is 0 Å². The van der Waals surface area contributed by atoms with Gasteiger partial charge in [-0.25, -0.2) is 0 Å². The average Bonchev–Trinajstić information content (AvgIpc) is 2.95. The highest BCUT2D eigenvalue weighted by atomic mass is 79.9. The Labute approximate surface area is 179 Å². The zero-order valence-corrected chi connectivity index (χ0v) is 18.5. The first-order valence-corrected chi connectivity index (χ1v) is 10.1. The highest BCUT2D eigenvalue weighted by Gasteiger charge is 2.15. The second-order valence-corrected chi connectivity index (χ2v) is 7.91. The number of aromatic nitrogens is 1. The number of amides is 1. The molecule has 0 aliphatic rings. The van der Waals surface area contributed by atoms with Crippen molar-refractivity contribution in [1.29, 1.82) is 5.26 Å². The van der Waals surface area contributed by atoms with E-state index < -0.39 is 5.91 Å². The van der Waals surface area contributed by atoms with E-state index in [1.807, 2.05) is 82.3 Å². The molecule has 0 saturated heterocycles. The van der Waals surface area contributed by atoms with Gasteiger partial charge in [-0.15, -0.1) is 0 Å². The molecule has 1 amide bonds. The molecule has 0 spiro atoms. The summed E-state index contributed by atoms with van der Waals surface area (Å²) in [5.41, 5.74) is 6.69. The van der Waals surface area contributed by atoms with Crippen LogP contribution in [-0.2, 0) is 4.79 Å². The molecule has 0 fully saturated rings. The standard InChI is InChI=1S/C24H22BrN3O/c1-15-9-10-22(16(2)11-15)27-24(29)20(14-26)13-19-12-17(3)28(18(19)4)23-8-6-5-7-21(23)25/h5-13H,1-4H3,(H,27,29)/b20-13-. The monoisotopic (exact) mass is 447 g/mol. The number of nitrogens with one attached hydrogen (secondary N) is 1. The fraction of sp³-hybridized carbons (Fsp3) is 0.167. The zero-order chi connectivity index (χ0) is 21.1. The fourth-order valence-corrected chi connectivity index (χ4v) is 3.85. The fourth-order valence-electron chi connectivity index (χ4n) is 3.39. The lowest BCUT2D eigenvalue weighted by molar-refractivity contribution is -0.112. The number of hydrogen-bond donors (Lipinski definition) is 1. The number of rotatable bonds is 4. The summed E-state index contributed by atoms with van der Waals surface area (Å²) in [5, 5.41) is 12.4. The maximum Gasteiger partial charge on any atom is 0.266 e. The predicted octanol–water partition coefficient (Wildman–Crippen LogP) is 6.02. The third kappa shape index (κ3) is 4.33. The Bertz CT molecular complexity index is 1170. The Balaban J connectivity index is 1.96. The van der Waals surface area contributed by atoms with E-state index in [9.17, 15) is 10.1 Å². The Morgan fingerprint density at radius 3 is 2.48 bits per heavy atom. The summed E-state index contributed by atoms with van der Waals surface area (Å²) >= 11 is 3.59. The summed E-state index contributed by atoms with van der Waals surface area (Å²) in [6.45, 7) is 7.92.